The van der Waals surface area contributed by atoms with E-state index in [-0.39, 0.29) is 5.69 Å². The summed E-state index contributed by atoms with van der Waals surface area (Å²) in [5, 5.41) is 12.8. The van der Waals surface area contributed by atoms with Gasteiger partial charge in [-0.2, -0.15) is 0 Å². The number of carboxylic acid groups (broad SMARTS) is 1. The van der Waals surface area contributed by atoms with Crippen molar-refractivity contribution in [2.24, 2.45) is 0 Å². The molecule has 0 aliphatic rings. The van der Waals surface area contributed by atoms with Crippen molar-refractivity contribution in [1.82, 2.24) is 9.97 Å². The van der Waals surface area contributed by atoms with Gasteiger partial charge in [0.15, 0.2) is 5.69 Å². The number of benzene rings is 1. The number of hydrogen-bond acceptors (Lipinski definition) is 4. The van der Waals surface area contributed by atoms with E-state index in [9.17, 15) is 4.79 Å². The Morgan fingerprint density at radius 3 is 2.79 bits per heavy atom. The fourth-order valence-electron chi connectivity index (χ4n) is 1.48. The molecule has 1 heterocycles. The Kier molecular flexibility index (Phi) is 4.19. The van der Waals surface area contributed by atoms with Gasteiger partial charge >= 0.3 is 5.97 Å². The molecule has 0 amide bonds. The summed E-state index contributed by atoms with van der Waals surface area (Å²) >= 11 is 11.7. The molecule has 0 bridgehead atoms. The van der Waals surface area contributed by atoms with Crippen molar-refractivity contribution in [2.45, 2.75) is 6.54 Å². The topological polar surface area (TPSA) is 75.1 Å². The number of nitrogens with zero attached hydrogens (tertiary/aromatic N) is 2. The minimum absolute atomic E-state index is 0.0740. The Morgan fingerprint density at radius 2 is 2.11 bits per heavy atom. The van der Waals surface area contributed by atoms with Crippen LogP contribution in [0.2, 0.25) is 10.0 Å². The van der Waals surface area contributed by atoms with Crippen molar-refractivity contribution >= 4 is 34.9 Å². The predicted octanol–water partition coefficient (Wildman–Crippen LogP) is 3.09. The average Bonchev–Trinajstić information content (AvgIpc) is 2.40. The van der Waals surface area contributed by atoms with E-state index in [2.05, 4.69) is 15.3 Å². The normalized spacial score (nSPS) is 10.2. The second-order valence-corrected chi connectivity index (χ2v) is 4.51. The molecular weight excluding hydrogens is 289 g/mol. The van der Waals surface area contributed by atoms with Crippen LogP contribution >= 0.6 is 23.2 Å². The highest BCUT2D eigenvalue weighted by Gasteiger charge is 2.11. The van der Waals surface area contributed by atoms with Gasteiger partial charge in [-0.1, -0.05) is 29.3 Å². The first-order valence-electron chi connectivity index (χ1n) is 5.29. The maximum Gasteiger partial charge on any atom is 0.356 e. The lowest BCUT2D eigenvalue weighted by Crippen LogP contribution is -2.09. The van der Waals surface area contributed by atoms with Gasteiger partial charge in [-0.15, -0.1) is 0 Å². The summed E-state index contributed by atoms with van der Waals surface area (Å²) in [5.74, 6) is -1.11. The van der Waals surface area contributed by atoms with Gasteiger partial charge in [-0.3, -0.25) is 0 Å². The molecule has 2 aromatic rings. The summed E-state index contributed by atoms with van der Waals surface area (Å²) in [6.07, 6.45) is 2.60. The lowest BCUT2D eigenvalue weighted by atomic mass is 10.2. The monoisotopic (exact) mass is 297 g/mol. The van der Waals surface area contributed by atoms with Crippen LogP contribution in [0.5, 0.6) is 0 Å². The van der Waals surface area contributed by atoms with Crippen LogP contribution in [0.3, 0.4) is 0 Å². The zero-order chi connectivity index (χ0) is 13.8. The Labute approximate surface area is 119 Å². The molecule has 2 N–H and O–H groups in total. The molecule has 0 radical (unpaired) electrons. The van der Waals surface area contributed by atoms with Crippen molar-refractivity contribution in [2.75, 3.05) is 5.32 Å². The number of hydrogen-bond donors (Lipinski definition) is 2. The average molecular weight is 298 g/mol. The molecule has 0 atom stereocenters. The molecule has 7 heteroatoms. The fraction of sp³-hybridized carbons (Fsp3) is 0.0833. The molecule has 1 aromatic heterocycles. The standard InChI is InChI=1S/C12H9Cl2N3O2/c13-8-2-1-7(3-9(8)14)4-16-10-5-15-6-17-11(10)12(18)19/h1-3,5-6,16H,4H2,(H,18,19). The number of carboxylic acids is 1. The van der Waals surface area contributed by atoms with E-state index < -0.39 is 5.97 Å². The summed E-state index contributed by atoms with van der Waals surface area (Å²) in [6, 6.07) is 5.19. The van der Waals surface area contributed by atoms with Gasteiger partial charge in [0.1, 0.15) is 6.33 Å². The zero-order valence-corrected chi connectivity index (χ0v) is 11.1. The molecular formula is C12H9Cl2N3O2. The summed E-state index contributed by atoms with van der Waals surface area (Å²) in [5.41, 5.74) is 1.14. The minimum Gasteiger partial charge on any atom is -0.476 e. The highest BCUT2D eigenvalue weighted by molar-refractivity contribution is 6.42. The van der Waals surface area contributed by atoms with E-state index in [1.165, 1.54) is 12.5 Å². The van der Waals surface area contributed by atoms with Crippen LogP contribution in [0.15, 0.2) is 30.7 Å². The van der Waals surface area contributed by atoms with Crippen molar-refractivity contribution in [3.8, 4) is 0 Å². The van der Waals surface area contributed by atoms with Crippen LogP contribution in [0.4, 0.5) is 5.69 Å². The molecule has 0 saturated heterocycles. The van der Waals surface area contributed by atoms with Crippen LogP contribution in [0.1, 0.15) is 16.1 Å². The highest BCUT2D eigenvalue weighted by Crippen LogP contribution is 2.23. The maximum absolute atomic E-state index is 11.0. The first kappa shape index (κ1) is 13.6. The van der Waals surface area contributed by atoms with E-state index in [4.69, 9.17) is 28.3 Å². The van der Waals surface area contributed by atoms with Crippen LogP contribution in [0, 0.1) is 0 Å². The molecule has 19 heavy (non-hydrogen) atoms. The minimum atomic E-state index is -1.11. The maximum atomic E-state index is 11.0. The van der Waals surface area contributed by atoms with Crippen molar-refractivity contribution < 1.29 is 9.90 Å². The molecule has 1 aromatic carbocycles. The molecule has 98 valence electrons. The van der Waals surface area contributed by atoms with E-state index in [1.807, 2.05) is 0 Å². The van der Waals surface area contributed by atoms with E-state index in [1.54, 1.807) is 18.2 Å². The van der Waals surface area contributed by atoms with Crippen LogP contribution < -0.4 is 5.32 Å². The number of carbonyl (C=O) groups is 1. The SMILES string of the molecule is O=C(O)c1ncncc1NCc1ccc(Cl)c(Cl)c1. The Bertz CT molecular complexity index is 620. The van der Waals surface area contributed by atoms with Crippen LogP contribution in [0.25, 0.3) is 0 Å². The van der Waals surface area contributed by atoms with E-state index in [0.29, 0.717) is 22.3 Å². The third-order valence-corrected chi connectivity index (χ3v) is 3.12. The quantitative estimate of drug-likeness (QED) is 0.907. The Hall–Kier alpha value is -1.85. The molecule has 0 spiro atoms. The van der Waals surface area contributed by atoms with Crippen LogP contribution in [-0.2, 0) is 6.54 Å². The first-order chi connectivity index (χ1) is 9.08. The van der Waals surface area contributed by atoms with Gasteiger partial charge in [0.2, 0.25) is 0 Å². The third-order valence-electron chi connectivity index (χ3n) is 2.38. The predicted molar refractivity (Wildman–Crippen MR) is 72.8 cm³/mol. The lowest BCUT2D eigenvalue weighted by molar-refractivity contribution is 0.0691. The van der Waals surface area contributed by atoms with Crippen molar-refractivity contribution in [3.05, 3.63) is 52.0 Å². The van der Waals surface area contributed by atoms with Gasteiger partial charge in [0.25, 0.3) is 0 Å². The van der Waals surface area contributed by atoms with Crippen molar-refractivity contribution in [3.63, 3.8) is 0 Å². The van der Waals surface area contributed by atoms with E-state index in [0.717, 1.165) is 5.56 Å². The van der Waals surface area contributed by atoms with Gasteiger partial charge < -0.3 is 10.4 Å². The van der Waals surface area contributed by atoms with Gasteiger partial charge in [0.05, 0.1) is 21.9 Å². The summed E-state index contributed by atoms with van der Waals surface area (Å²) < 4.78 is 0. The third kappa shape index (κ3) is 3.33. The van der Waals surface area contributed by atoms with Crippen molar-refractivity contribution in [1.29, 1.82) is 0 Å². The second-order valence-electron chi connectivity index (χ2n) is 3.69. The van der Waals surface area contributed by atoms with Gasteiger partial charge in [-0.25, -0.2) is 14.8 Å². The van der Waals surface area contributed by atoms with Gasteiger partial charge in [0, 0.05) is 6.54 Å². The number of rotatable bonds is 4. The highest BCUT2D eigenvalue weighted by atomic mass is 35.5. The summed E-state index contributed by atoms with van der Waals surface area (Å²) in [7, 11) is 0. The molecule has 0 aliphatic heterocycles. The van der Waals surface area contributed by atoms with Gasteiger partial charge in [-0.05, 0) is 17.7 Å². The molecule has 0 aliphatic carbocycles. The van der Waals surface area contributed by atoms with E-state index >= 15 is 0 Å². The number of anilines is 1. The smallest absolute Gasteiger partial charge is 0.356 e. The summed E-state index contributed by atoms with van der Waals surface area (Å²) in [6.45, 7) is 0.393. The lowest BCUT2D eigenvalue weighted by Gasteiger charge is -2.08. The Morgan fingerprint density at radius 1 is 1.32 bits per heavy atom. The molecule has 5 nitrogen and oxygen atoms in total. The largest absolute Gasteiger partial charge is 0.476 e. The number of nitrogens with one attached hydrogen (secondary N) is 1. The number of aromatic nitrogens is 2. The fourth-order valence-corrected chi connectivity index (χ4v) is 1.80. The first-order valence-corrected chi connectivity index (χ1v) is 6.04. The number of aromatic carboxylic acids is 1. The molecule has 0 saturated carbocycles. The Balaban J connectivity index is 2.14. The molecule has 0 unspecified atom stereocenters. The molecule has 0 fully saturated rings. The number of halogens is 2. The second kappa shape index (κ2) is 5.86. The van der Waals surface area contributed by atoms with Crippen LogP contribution in [-0.4, -0.2) is 21.0 Å². The molecule has 2 rings (SSSR count). The summed E-state index contributed by atoms with van der Waals surface area (Å²) in [4.78, 5) is 18.5. The zero-order valence-electron chi connectivity index (χ0n) is 9.60.